The largest absolute Gasteiger partial charge is 0.392 e. The fraction of sp³-hybridized carbons (Fsp3) is 0.917. The second-order valence-electron chi connectivity index (χ2n) is 4.81. The van der Waals surface area contributed by atoms with Gasteiger partial charge < -0.3 is 10.4 Å². The summed E-state index contributed by atoms with van der Waals surface area (Å²) in [6.07, 6.45) is 4.14. The van der Waals surface area contributed by atoms with Gasteiger partial charge in [0.15, 0.2) is 0 Å². The molecule has 0 aromatic carbocycles. The molecule has 1 aliphatic carbocycles. The number of aliphatic hydroxyl groups is 1. The van der Waals surface area contributed by atoms with Gasteiger partial charge >= 0.3 is 0 Å². The molecule has 16 heavy (non-hydrogen) atoms. The Balaban J connectivity index is 2.07. The van der Waals surface area contributed by atoms with Crippen LogP contribution in [-0.4, -0.2) is 48.7 Å². The zero-order valence-electron chi connectivity index (χ0n) is 10.4. The molecule has 0 spiro atoms. The minimum absolute atomic E-state index is 0.0546. The lowest BCUT2D eigenvalue weighted by molar-refractivity contribution is -0.122. The number of nitrogens with zero attached hydrogens (tertiary/aromatic N) is 1. The number of hydrogen-bond donors (Lipinski definition) is 2. The molecule has 0 aromatic heterocycles. The monoisotopic (exact) mass is 228 g/mol. The first-order valence-electron chi connectivity index (χ1n) is 6.26. The van der Waals surface area contributed by atoms with Gasteiger partial charge in [0.2, 0.25) is 5.91 Å². The number of amides is 1. The van der Waals surface area contributed by atoms with Gasteiger partial charge in [-0.1, -0.05) is 13.3 Å². The number of hydrogen-bond acceptors (Lipinski definition) is 3. The van der Waals surface area contributed by atoms with Crippen LogP contribution in [0, 0.1) is 5.92 Å². The van der Waals surface area contributed by atoms with Crippen LogP contribution in [0.1, 0.15) is 32.6 Å². The van der Waals surface area contributed by atoms with Crippen LogP contribution in [0.15, 0.2) is 0 Å². The van der Waals surface area contributed by atoms with E-state index in [-0.39, 0.29) is 12.0 Å². The number of nitrogens with one attached hydrogen (secondary N) is 1. The van der Waals surface area contributed by atoms with Crippen molar-refractivity contribution in [1.29, 1.82) is 0 Å². The van der Waals surface area contributed by atoms with E-state index in [1.54, 1.807) is 0 Å². The lowest BCUT2D eigenvalue weighted by atomic mass is 10.2. The van der Waals surface area contributed by atoms with E-state index in [2.05, 4.69) is 12.2 Å². The molecule has 4 nitrogen and oxygen atoms in total. The van der Waals surface area contributed by atoms with Crippen LogP contribution in [0.4, 0.5) is 0 Å². The fourth-order valence-corrected chi connectivity index (χ4v) is 1.72. The fourth-order valence-electron chi connectivity index (χ4n) is 1.72. The zero-order valence-corrected chi connectivity index (χ0v) is 10.4. The maximum atomic E-state index is 11.5. The number of unbranched alkanes of at least 4 members (excludes halogenated alkanes) is 1. The van der Waals surface area contributed by atoms with E-state index in [0.717, 1.165) is 32.2 Å². The molecule has 1 atom stereocenters. The van der Waals surface area contributed by atoms with Gasteiger partial charge in [0, 0.05) is 13.1 Å². The molecule has 0 aliphatic heterocycles. The van der Waals surface area contributed by atoms with Gasteiger partial charge in [0.25, 0.3) is 0 Å². The highest BCUT2D eigenvalue weighted by molar-refractivity contribution is 5.77. The number of likely N-dealkylation sites (N-methyl/N-ethyl adjacent to an activating group) is 1. The highest BCUT2D eigenvalue weighted by Gasteiger charge is 2.30. The Kier molecular flexibility index (Phi) is 5.77. The molecule has 0 bridgehead atoms. The molecule has 1 fully saturated rings. The van der Waals surface area contributed by atoms with E-state index >= 15 is 0 Å². The smallest absolute Gasteiger partial charge is 0.234 e. The SMILES string of the molecule is CCCCNC(=O)CN(C)CC(O)C1CC1. The molecule has 0 saturated heterocycles. The molecule has 2 N–H and O–H groups in total. The summed E-state index contributed by atoms with van der Waals surface area (Å²) in [4.78, 5) is 13.4. The summed E-state index contributed by atoms with van der Waals surface area (Å²) in [5.41, 5.74) is 0. The standard InChI is InChI=1S/C12H24N2O2/c1-3-4-7-13-12(16)9-14(2)8-11(15)10-5-6-10/h10-11,15H,3-9H2,1-2H3,(H,13,16). The maximum absolute atomic E-state index is 11.5. The first-order valence-corrected chi connectivity index (χ1v) is 6.26. The first kappa shape index (κ1) is 13.5. The van der Waals surface area contributed by atoms with Crippen LogP contribution in [0.25, 0.3) is 0 Å². The van der Waals surface area contributed by atoms with Crippen LogP contribution in [-0.2, 0) is 4.79 Å². The summed E-state index contributed by atoms with van der Waals surface area (Å²) < 4.78 is 0. The maximum Gasteiger partial charge on any atom is 0.234 e. The average molecular weight is 228 g/mol. The van der Waals surface area contributed by atoms with Gasteiger partial charge in [-0.3, -0.25) is 9.69 Å². The average Bonchev–Trinajstić information content (AvgIpc) is 3.00. The second kappa shape index (κ2) is 6.86. The predicted molar refractivity (Wildman–Crippen MR) is 64.1 cm³/mol. The Morgan fingerprint density at radius 1 is 1.56 bits per heavy atom. The third-order valence-corrected chi connectivity index (χ3v) is 2.93. The normalized spacial score (nSPS) is 17.5. The summed E-state index contributed by atoms with van der Waals surface area (Å²) >= 11 is 0. The Labute approximate surface area is 98.0 Å². The summed E-state index contributed by atoms with van der Waals surface area (Å²) in [7, 11) is 1.88. The van der Waals surface area contributed by atoms with Crippen molar-refractivity contribution in [2.75, 3.05) is 26.7 Å². The second-order valence-corrected chi connectivity index (χ2v) is 4.81. The van der Waals surface area contributed by atoms with E-state index in [1.165, 1.54) is 0 Å². The highest BCUT2D eigenvalue weighted by Crippen LogP contribution is 2.32. The van der Waals surface area contributed by atoms with E-state index in [1.807, 2.05) is 11.9 Å². The van der Waals surface area contributed by atoms with Gasteiger partial charge in [-0.15, -0.1) is 0 Å². The van der Waals surface area contributed by atoms with Gasteiger partial charge in [-0.2, -0.15) is 0 Å². The lowest BCUT2D eigenvalue weighted by Crippen LogP contribution is -2.39. The van der Waals surface area contributed by atoms with Gasteiger partial charge in [-0.05, 0) is 32.2 Å². The molecule has 1 unspecified atom stereocenters. The van der Waals surface area contributed by atoms with Crippen molar-refractivity contribution in [3.05, 3.63) is 0 Å². The zero-order chi connectivity index (χ0) is 12.0. The number of aliphatic hydroxyl groups excluding tert-OH is 1. The molecule has 94 valence electrons. The molecule has 1 aliphatic rings. The van der Waals surface area contributed by atoms with Crippen molar-refractivity contribution in [1.82, 2.24) is 10.2 Å². The van der Waals surface area contributed by atoms with Crippen molar-refractivity contribution in [3.63, 3.8) is 0 Å². The van der Waals surface area contributed by atoms with Gasteiger partial charge in [0.1, 0.15) is 0 Å². The molecular weight excluding hydrogens is 204 g/mol. The number of carbonyl (C=O) groups excluding carboxylic acids is 1. The Hall–Kier alpha value is -0.610. The summed E-state index contributed by atoms with van der Waals surface area (Å²) in [6.45, 7) is 3.85. The first-order chi connectivity index (χ1) is 7.63. The van der Waals surface area contributed by atoms with E-state index in [4.69, 9.17) is 0 Å². The summed E-state index contributed by atoms with van der Waals surface area (Å²) in [6, 6.07) is 0. The van der Waals surface area contributed by atoms with Crippen LogP contribution in [0.2, 0.25) is 0 Å². The third-order valence-electron chi connectivity index (χ3n) is 2.93. The van der Waals surface area contributed by atoms with Crippen molar-refractivity contribution in [2.24, 2.45) is 5.92 Å². The molecular formula is C12H24N2O2. The third kappa shape index (κ3) is 5.47. The van der Waals surface area contributed by atoms with Gasteiger partial charge in [0.05, 0.1) is 12.6 Å². The van der Waals surface area contributed by atoms with Crippen molar-refractivity contribution in [2.45, 2.75) is 38.7 Å². The highest BCUT2D eigenvalue weighted by atomic mass is 16.3. The van der Waals surface area contributed by atoms with Crippen LogP contribution in [0.5, 0.6) is 0 Å². The number of rotatable bonds is 8. The minimum Gasteiger partial charge on any atom is -0.392 e. The molecule has 0 radical (unpaired) electrons. The van der Waals surface area contributed by atoms with E-state index in [9.17, 15) is 9.90 Å². The van der Waals surface area contributed by atoms with Crippen molar-refractivity contribution >= 4 is 5.91 Å². The minimum atomic E-state index is -0.256. The van der Waals surface area contributed by atoms with E-state index < -0.39 is 0 Å². The molecule has 1 amide bonds. The molecule has 0 aromatic rings. The van der Waals surface area contributed by atoms with Gasteiger partial charge in [-0.25, -0.2) is 0 Å². The van der Waals surface area contributed by atoms with E-state index in [0.29, 0.717) is 19.0 Å². The Morgan fingerprint density at radius 2 is 2.25 bits per heavy atom. The Bertz CT molecular complexity index is 217. The quantitative estimate of drug-likeness (QED) is 0.598. The van der Waals surface area contributed by atoms with Crippen LogP contribution in [0.3, 0.4) is 0 Å². The van der Waals surface area contributed by atoms with Crippen molar-refractivity contribution in [3.8, 4) is 0 Å². The molecule has 4 heteroatoms. The molecule has 1 saturated carbocycles. The Morgan fingerprint density at radius 3 is 2.81 bits per heavy atom. The van der Waals surface area contributed by atoms with Crippen molar-refractivity contribution < 1.29 is 9.90 Å². The number of carbonyl (C=O) groups is 1. The topological polar surface area (TPSA) is 52.6 Å². The molecule has 1 rings (SSSR count). The van der Waals surface area contributed by atoms with Crippen LogP contribution >= 0.6 is 0 Å². The summed E-state index contributed by atoms with van der Waals surface area (Å²) in [5, 5.41) is 12.6. The van der Waals surface area contributed by atoms with Crippen LogP contribution < -0.4 is 5.32 Å². The predicted octanol–water partition coefficient (Wildman–Crippen LogP) is 0.605. The molecule has 0 heterocycles. The summed E-state index contributed by atoms with van der Waals surface area (Å²) in [5.74, 6) is 0.532. The lowest BCUT2D eigenvalue weighted by Gasteiger charge is -2.19.